The maximum atomic E-state index is 11.4. The molecule has 2 rings (SSSR count). The third-order valence-corrected chi connectivity index (χ3v) is 2.63. The van der Waals surface area contributed by atoms with Crippen LogP contribution in [0.15, 0.2) is 18.2 Å². The summed E-state index contributed by atoms with van der Waals surface area (Å²) in [5.74, 6) is 0.148. The number of carbonyl (C=O) groups is 1. The minimum Gasteiger partial charge on any atom is -0.326 e. The Hall–Kier alpha value is -1.31. The molecule has 0 fully saturated rings. The monoisotopic (exact) mass is 189 g/mol. The molecule has 0 aliphatic carbocycles. The van der Waals surface area contributed by atoms with E-state index in [1.807, 2.05) is 12.1 Å². The van der Waals surface area contributed by atoms with Crippen molar-refractivity contribution in [3.8, 4) is 0 Å². The van der Waals surface area contributed by atoms with Crippen LogP contribution >= 0.6 is 0 Å². The van der Waals surface area contributed by atoms with Gasteiger partial charge in [-0.15, -0.1) is 0 Å². The lowest BCUT2D eigenvalue weighted by Gasteiger charge is -2.15. The molecule has 0 bridgehead atoms. The fraction of sp³-hybridized carbons (Fsp3) is 0.417. The third-order valence-electron chi connectivity index (χ3n) is 2.63. The van der Waals surface area contributed by atoms with E-state index in [2.05, 4.69) is 18.3 Å². The van der Waals surface area contributed by atoms with Crippen molar-refractivity contribution in [3.63, 3.8) is 0 Å². The fourth-order valence-corrected chi connectivity index (χ4v) is 1.86. The maximum Gasteiger partial charge on any atom is 0.224 e. The van der Waals surface area contributed by atoms with Crippen molar-refractivity contribution in [2.75, 3.05) is 5.32 Å². The van der Waals surface area contributed by atoms with Crippen LogP contribution < -0.4 is 5.32 Å². The first-order valence-electron chi connectivity index (χ1n) is 5.15. The van der Waals surface area contributed by atoms with Crippen LogP contribution in [0.1, 0.15) is 30.4 Å². The van der Waals surface area contributed by atoms with Gasteiger partial charge in [-0.3, -0.25) is 4.79 Å². The highest BCUT2D eigenvalue weighted by Gasteiger charge is 2.10. The Morgan fingerprint density at radius 2 is 2.00 bits per heavy atom. The molecule has 1 amide bonds. The topological polar surface area (TPSA) is 29.1 Å². The second kappa shape index (κ2) is 3.82. The number of hydrogen-bond donors (Lipinski definition) is 1. The molecule has 0 saturated heterocycles. The summed E-state index contributed by atoms with van der Waals surface area (Å²) in [6, 6.07) is 6.22. The lowest BCUT2D eigenvalue weighted by molar-refractivity contribution is -0.116. The van der Waals surface area contributed by atoms with Crippen molar-refractivity contribution in [1.82, 2.24) is 0 Å². The van der Waals surface area contributed by atoms with Gasteiger partial charge in [0.1, 0.15) is 0 Å². The summed E-state index contributed by atoms with van der Waals surface area (Å²) in [6.45, 7) is 2.08. The van der Waals surface area contributed by atoms with Crippen LogP contribution in [-0.2, 0) is 11.2 Å². The van der Waals surface area contributed by atoms with Crippen molar-refractivity contribution in [3.05, 3.63) is 29.3 Å². The molecule has 1 aliphatic rings. The molecule has 0 aromatic heterocycles. The molecule has 0 radical (unpaired) electrons. The lowest BCUT2D eigenvalue weighted by atomic mass is 10.0. The van der Waals surface area contributed by atoms with Crippen molar-refractivity contribution in [2.24, 2.45) is 0 Å². The Labute approximate surface area is 84.3 Å². The summed E-state index contributed by atoms with van der Waals surface area (Å²) in [5.41, 5.74) is 3.54. The second-order valence-electron chi connectivity index (χ2n) is 3.92. The van der Waals surface area contributed by atoms with Gasteiger partial charge in [-0.1, -0.05) is 17.7 Å². The largest absolute Gasteiger partial charge is 0.326 e. The first-order valence-corrected chi connectivity index (χ1v) is 5.15. The van der Waals surface area contributed by atoms with Crippen LogP contribution in [0.4, 0.5) is 5.69 Å². The van der Waals surface area contributed by atoms with Crippen molar-refractivity contribution >= 4 is 11.6 Å². The van der Waals surface area contributed by atoms with Gasteiger partial charge in [0.25, 0.3) is 0 Å². The first kappa shape index (κ1) is 9.25. The first-order chi connectivity index (χ1) is 6.75. The molecule has 14 heavy (non-hydrogen) atoms. The molecule has 0 spiro atoms. The summed E-state index contributed by atoms with van der Waals surface area (Å²) in [7, 11) is 0. The Morgan fingerprint density at radius 1 is 1.21 bits per heavy atom. The quantitative estimate of drug-likeness (QED) is 0.668. The molecular weight excluding hydrogens is 174 g/mol. The molecule has 74 valence electrons. The zero-order valence-electron chi connectivity index (χ0n) is 8.47. The fourth-order valence-electron chi connectivity index (χ4n) is 1.86. The molecule has 1 aromatic carbocycles. The molecule has 1 N–H and O–H groups in total. The number of nitrogens with one attached hydrogen (secondary N) is 1. The van der Waals surface area contributed by atoms with Crippen LogP contribution in [0.5, 0.6) is 0 Å². The number of hydrogen-bond acceptors (Lipinski definition) is 1. The van der Waals surface area contributed by atoms with Gasteiger partial charge in [0.2, 0.25) is 5.91 Å². The number of aryl methyl sites for hydroxylation is 2. The van der Waals surface area contributed by atoms with E-state index in [1.165, 1.54) is 11.1 Å². The van der Waals surface area contributed by atoms with E-state index in [0.29, 0.717) is 6.42 Å². The minimum atomic E-state index is 0.148. The Bertz CT molecular complexity index is 357. The van der Waals surface area contributed by atoms with E-state index in [0.717, 1.165) is 24.9 Å². The van der Waals surface area contributed by atoms with Crippen LogP contribution in [0.25, 0.3) is 0 Å². The molecule has 2 heteroatoms. The Kier molecular flexibility index (Phi) is 2.53. The van der Waals surface area contributed by atoms with E-state index in [4.69, 9.17) is 0 Å². The van der Waals surface area contributed by atoms with E-state index in [1.54, 1.807) is 0 Å². The summed E-state index contributed by atoms with van der Waals surface area (Å²) in [6.07, 6.45) is 3.85. The second-order valence-corrected chi connectivity index (χ2v) is 3.92. The van der Waals surface area contributed by atoms with Gasteiger partial charge < -0.3 is 5.32 Å². The van der Waals surface area contributed by atoms with Crippen molar-refractivity contribution in [2.45, 2.75) is 32.6 Å². The Balaban J connectivity index is 2.34. The predicted molar refractivity (Wildman–Crippen MR) is 57.4 cm³/mol. The predicted octanol–water partition coefficient (Wildman–Crippen LogP) is 2.66. The van der Waals surface area contributed by atoms with Crippen LogP contribution in [-0.4, -0.2) is 5.91 Å². The standard InChI is InChI=1S/C12H15NO/c1-9-6-7-11-10(8-9)4-2-3-5-12(14)13-11/h6-8H,2-5H2,1H3,(H,13,14). The zero-order chi connectivity index (χ0) is 9.97. The van der Waals surface area contributed by atoms with E-state index in [9.17, 15) is 4.79 Å². The molecule has 1 aliphatic heterocycles. The van der Waals surface area contributed by atoms with Gasteiger partial charge in [-0.2, -0.15) is 0 Å². The van der Waals surface area contributed by atoms with Crippen molar-refractivity contribution < 1.29 is 4.79 Å². The van der Waals surface area contributed by atoms with Crippen LogP contribution in [0.2, 0.25) is 0 Å². The summed E-state index contributed by atoms with van der Waals surface area (Å²) in [5, 5.41) is 2.95. The van der Waals surface area contributed by atoms with Gasteiger partial charge in [0, 0.05) is 12.1 Å². The summed E-state index contributed by atoms with van der Waals surface area (Å²) in [4.78, 5) is 11.4. The lowest BCUT2D eigenvalue weighted by Crippen LogP contribution is -2.15. The number of anilines is 1. The van der Waals surface area contributed by atoms with Crippen molar-refractivity contribution in [1.29, 1.82) is 0 Å². The highest BCUT2D eigenvalue weighted by atomic mass is 16.1. The molecular formula is C12H15NO. The number of amides is 1. The highest BCUT2D eigenvalue weighted by molar-refractivity contribution is 5.91. The normalized spacial score (nSPS) is 16.5. The van der Waals surface area contributed by atoms with Gasteiger partial charge in [-0.05, 0) is 37.8 Å². The minimum absolute atomic E-state index is 0.148. The summed E-state index contributed by atoms with van der Waals surface area (Å²) >= 11 is 0. The van der Waals surface area contributed by atoms with Crippen LogP contribution in [0.3, 0.4) is 0 Å². The molecule has 2 nitrogen and oxygen atoms in total. The smallest absolute Gasteiger partial charge is 0.224 e. The molecule has 0 atom stereocenters. The Morgan fingerprint density at radius 3 is 2.86 bits per heavy atom. The van der Waals surface area contributed by atoms with Gasteiger partial charge in [0.15, 0.2) is 0 Å². The number of rotatable bonds is 0. The SMILES string of the molecule is Cc1ccc2c(c1)CCCCC(=O)N2. The highest BCUT2D eigenvalue weighted by Crippen LogP contribution is 2.22. The molecule has 0 unspecified atom stereocenters. The van der Waals surface area contributed by atoms with Gasteiger partial charge >= 0.3 is 0 Å². The third kappa shape index (κ3) is 1.95. The molecule has 1 aromatic rings. The van der Waals surface area contributed by atoms with Gasteiger partial charge in [-0.25, -0.2) is 0 Å². The van der Waals surface area contributed by atoms with Crippen LogP contribution in [0, 0.1) is 6.92 Å². The van der Waals surface area contributed by atoms with Gasteiger partial charge in [0.05, 0.1) is 0 Å². The average molecular weight is 189 g/mol. The van der Waals surface area contributed by atoms with E-state index in [-0.39, 0.29) is 5.91 Å². The number of benzene rings is 1. The number of carbonyl (C=O) groups excluding carboxylic acids is 1. The zero-order valence-corrected chi connectivity index (χ0v) is 8.47. The van der Waals surface area contributed by atoms with E-state index >= 15 is 0 Å². The summed E-state index contributed by atoms with van der Waals surface area (Å²) < 4.78 is 0. The molecule has 1 heterocycles. The number of fused-ring (bicyclic) bond motifs is 1. The molecule has 0 saturated carbocycles. The maximum absolute atomic E-state index is 11.4. The van der Waals surface area contributed by atoms with E-state index < -0.39 is 0 Å². The average Bonchev–Trinajstić information content (AvgIpc) is 2.13.